The molecule has 0 saturated heterocycles. The van der Waals surface area contributed by atoms with E-state index in [0.717, 1.165) is 0 Å². The van der Waals surface area contributed by atoms with Gasteiger partial charge in [-0.3, -0.25) is 0 Å². The summed E-state index contributed by atoms with van der Waals surface area (Å²) in [5.41, 5.74) is 1.29. The van der Waals surface area contributed by atoms with Gasteiger partial charge in [0.2, 0.25) is 0 Å². The van der Waals surface area contributed by atoms with Crippen molar-refractivity contribution in [2.45, 2.75) is 12.6 Å². The van der Waals surface area contributed by atoms with E-state index in [9.17, 15) is 18.3 Å². The van der Waals surface area contributed by atoms with E-state index in [-0.39, 0.29) is 18.8 Å². The molecule has 0 fully saturated rings. The van der Waals surface area contributed by atoms with Gasteiger partial charge in [-0.05, 0) is 12.1 Å². The lowest BCUT2D eigenvalue weighted by molar-refractivity contribution is -0.173. The Morgan fingerprint density at radius 1 is 1.33 bits per heavy atom. The van der Waals surface area contributed by atoms with Gasteiger partial charge in [0.05, 0.1) is 17.6 Å². The van der Waals surface area contributed by atoms with Gasteiger partial charge in [-0.15, -0.1) is 0 Å². The Hall–Kier alpha value is -1.76. The first kappa shape index (κ1) is 12.7. The first-order valence-electron chi connectivity index (χ1n) is 5.26. The number of nitrogens with one attached hydrogen (secondary N) is 1. The minimum absolute atomic E-state index is 0.0642. The number of alkyl halides is 3. The maximum absolute atomic E-state index is 11.8. The van der Waals surface area contributed by atoms with Gasteiger partial charge in [0.1, 0.15) is 18.2 Å². The number of halogens is 3. The van der Waals surface area contributed by atoms with Crippen molar-refractivity contribution in [2.75, 3.05) is 13.2 Å². The molecule has 0 aliphatic carbocycles. The van der Waals surface area contributed by atoms with Crippen LogP contribution >= 0.6 is 0 Å². The fraction of sp³-hybridized carbons (Fsp3) is 0.364. The largest absolute Gasteiger partial charge is 0.508 e. The first-order chi connectivity index (χ1) is 8.44. The van der Waals surface area contributed by atoms with E-state index in [4.69, 9.17) is 0 Å². The number of ether oxygens (including phenoxy) is 1. The van der Waals surface area contributed by atoms with Crippen molar-refractivity contribution in [3.8, 4) is 5.75 Å². The second-order valence-corrected chi connectivity index (χ2v) is 3.80. The predicted octanol–water partition coefficient (Wildman–Crippen LogP) is 2.39. The Labute approximate surface area is 100 Å². The number of benzene rings is 1. The number of hydrogen-bond donors (Lipinski definition) is 2. The Morgan fingerprint density at radius 2 is 2.11 bits per heavy atom. The van der Waals surface area contributed by atoms with Crippen LogP contribution in [0.3, 0.4) is 0 Å². The highest BCUT2D eigenvalue weighted by Crippen LogP contribution is 2.18. The molecule has 0 bridgehead atoms. The molecule has 0 spiro atoms. The Kier molecular flexibility index (Phi) is 3.42. The Bertz CT molecular complexity index is 537. The maximum atomic E-state index is 11.8. The van der Waals surface area contributed by atoms with Gasteiger partial charge in [-0.1, -0.05) is 0 Å². The lowest BCUT2D eigenvalue weighted by Gasteiger charge is -2.06. The van der Waals surface area contributed by atoms with Crippen LogP contribution in [-0.4, -0.2) is 34.5 Å². The standard InChI is InChI=1S/C11H11F3N2O2/c12-11(13,14)6-18-4-3-10-15-8-2-1-7(17)5-9(8)16-10/h1-2,5,17H,3-4,6H2,(H,15,16). The summed E-state index contributed by atoms with van der Waals surface area (Å²) in [6, 6.07) is 4.62. The summed E-state index contributed by atoms with van der Waals surface area (Å²) in [5.74, 6) is 0.629. The second-order valence-electron chi connectivity index (χ2n) is 3.80. The van der Waals surface area contributed by atoms with Gasteiger partial charge in [0, 0.05) is 12.5 Å². The fourth-order valence-electron chi connectivity index (χ4n) is 1.53. The minimum Gasteiger partial charge on any atom is -0.508 e. The molecule has 0 radical (unpaired) electrons. The lowest BCUT2D eigenvalue weighted by Crippen LogP contribution is -2.18. The van der Waals surface area contributed by atoms with Crippen LogP contribution in [0.2, 0.25) is 0 Å². The monoisotopic (exact) mass is 260 g/mol. The molecule has 7 heteroatoms. The molecular weight excluding hydrogens is 249 g/mol. The van der Waals surface area contributed by atoms with E-state index in [1.807, 2.05) is 0 Å². The summed E-state index contributed by atoms with van der Waals surface area (Å²) in [5, 5.41) is 9.25. The van der Waals surface area contributed by atoms with E-state index in [2.05, 4.69) is 14.7 Å². The summed E-state index contributed by atoms with van der Waals surface area (Å²) in [4.78, 5) is 7.06. The molecule has 18 heavy (non-hydrogen) atoms. The quantitative estimate of drug-likeness (QED) is 0.830. The van der Waals surface area contributed by atoms with E-state index in [1.165, 1.54) is 12.1 Å². The van der Waals surface area contributed by atoms with Gasteiger partial charge in [0.25, 0.3) is 0 Å². The van der Waals surface area contributed by atoms with Gasteiger partial charge < -0.3 is 14.8 Å². The number of imidazole rings is 1. The molecule has 0 aliphatic rings. The van der Waals surface area contributed by atoms with E-state index in [1.54, 1.807) is 6.07 Å². The summed E-state index contributed by atoms with van der Waals surface area (Å²) in [6.45, 7) is -1.32. The third kappa shape index (κ3) is 3.36. The number of H-pyrrole nitrogens is 1. The number of aromatic nitrogens is 2. The van der Waals surface area contributed by atoms with E-state index in [0.29, 0.717) is 16.9 Å². The van der Waals surface area contributed by atoms with E-state index < -0.39 is 12.8 Å². The number of aromatic hydroxyl groups is 1. The van der Waals surface area contributed by atoms with Crippen LogP contribution in [-0.2, 0) is 11.2 Å². The highest BCUT2D eigenvalue weighted by atomic mass is 19.4. The zero-order valence-corrected chi connectivity index (χ0v) is 9.29. The number of fused-ring (bicyclic) bond motifs is 1. The molecule has 0 saturated carbocycles. The number of hydrogen-bond acceptors (Lipinski definition) is 3. The molecule has 0 aliphatic heterocycles. The van der Waals surface area contributed by atoms with Gasteiger partial charge in [0.15, 0.2) is 0 Å². The molecule has 1 heterocycles. The normalized spacial score (nSPS) is 12.2. The average Bonchev–Trinajstić information content (AvgIpc) is 2.65. The molecule has 1 aromatic heterocycles. The number of aromatic amines is 1. The SMILES string of the molecule is Oc1ccc2nc(CCOCC(F)(F)F)[nH]c2c1. The van der Waals surface area contributed by atoms with Crippen molar-refractivity contribution >= 4 is 11.0 Å². The van der Waals surface area contributed by atoms with Gasteiger partial charge in [-0.2, -0.15) is 13.2 Å². The average molecular weight is 260 g/mol. The molecule has 2 rings (SSSR count). The Morgan fingerprint density at radius 3 is 2.83 bits per heavy atom. The molecule has 4 nitrogen and oxygen atoms in total. The summed E-state index contributed by atoms with van der Waals surface area (Å²) < 4.78 is 39.9. The first-order valence-corrected chi connectivity index (χ1v) is 5.26. The number of rotatable bonds is 4. The predicted molar refractivity (Wildman–Crippen MR) is 58.3 cm³/mol. The molecule has 2 N–H and O–H groups in total. The topological polar surface area (TPSA) is 58.1 Å². The maximum Gasteiger partial charge on any atom is 0.411 e. The van der Waals surface area contributed by atoms with Crippen LogP contribution in [0.1, 0.15) is 5.82 Å². The number of nitrogens with zero attached hydrogens (tertiary/aromatic N) is 1. The van der Waals surface area contributed by atoms with Crippen molar-refractivity contribution < 1.29 is 23.0 Å². The molecule has 0 unspecified atom stereocenters. The Balaban J connectivity index is 1.92. The molecule has 98 valence electrons. The molecule has 1 aromatic carbocycles. The van der Waals surface area contributed by atoms with Crippen LogP contribution < -0.4 is 0 Å². The summed E-state index contributed by atoms with van der Waals surface area (Å²) in [6.07, 6.45) is -4.05. The van der Waals surface area contributed by atoms with Gasteiger partial charge in [-0.25, -0.2) is 4.98 Å². The second kappa shape index (κ2) is 4.85. The van der Waals surface area contributed by atoms with E-state index >= 15 is 0 Å². The van der Waals surface area contributed by atoms with Gasteiger partial charge >= 0.3 is 6.18 Å². The molecule has 0 atom stereocenters. The third-order valence-corrected chi connectivity index (χ3v) is 2.26. The van der Waals surface area contributed by atoms with Crippen molar-refractivity contribution in [1.82, 2.24) is 9.97 Å². The van der Waals surface area contributed by atoms with Crippen molar-refractivity contribution in [2.24, 2.45) is 0 Å². The van der Waals surface area contributed by atoms with Crippen LogP contribution in [0.15, 0.2) is 18.2 Å². The third-order valence-electron chi connectivity index (χ3n) is 2.26. The highest BCUT2D eigenvalue weighted by molar-refractivity contribution is 5.76. The zero-order valence-electron chi connectivity index (χ0n) is 9.29. The molecular formula is C11H11F3N2O2. The molecule has 2 aromatic rings. The minimum atomic E-state index is -4.31. The van der Waals surface area contributed by atoms with Crippen LogP contribution in [0.5, 0.6) is 5.75 Å². The summed E-state index contributed by atoms with van der Waals surface area (Å²) in [7, 11) is 0. The number of phenols is 1. The highest BCUT2D eigenvalue weighted by Gasteiger charge is 2.27. The summed E-state index contributed by atoms with van der Waals surface area (Å²) >= 11 is 0. The zero-order chi connectivity index (χ0) is 13.2. The molecule has 0 amide bonds. The number of phenolic OH excluding ortho intramolecular Hbond substituents is 1. The smallest absolute Gasteiger partial charge is 0.411 e. The van der Waals surface area contributed by atoms with Crippen molar-refractivity contribution in [1.29, 1.82) is 0 Å². The van der Waals surface area contributed by atoms with Crippen LogP contribution in [0, 0.1) is 0 Å². The van der Waals surface area contributed by atoms with Crippen LogP contribution in [0.4, 0.5) is 13.2 Å². The van der Waals surface area contributed by atoms with Crippen LogP contribution in [0.25, 0.3) is 11.0 Å². The lowest BCUT2D eigenvalue weighted by atomic mass is 10.3. The fourth-order valence-corrected chi connectivity index (χ4v) is 1.53. The van der Waals surface area contributed by atoms with Crippen molar-refractivity contribution in [3.05, 3.63) is 24.0 Å². The van der Waals surface area contributed by atoms with Crippen molar-refractivity contribution in [3.63, 3.8) is 0 Å².